The number of carbonyl (C=O) groups excluding carboxylic acids is 2. The molecule has 0 fully saturated rings. The van der Waals surface area contributed by atoms with Crippen molar-refractivity contribution in [1.29, 1.82) is 0 Å². The molecule has 0 saturated heterocycles. The summed E-state index contributed by atoms with van der Waals surface area (Å²) in [6.07, 6.45) is 5.32. The number of benzene rings is 1. The van der Waals surface area contributed by atoms with Gasteiger partial charge >= 0.3 is 0 Å². The molecular formula is C18H19ClN4O2. The van der Waals surface area contributed by atoms with Crippen molar-refractivity contribution in [3.63, 3.8) is 0 Å². The number of anilines is 2. The van der Waals surface area contributed by atoms with Crippen LogP contribution in [0, 0.1) is 5.92 Å². The molecule has 2 heterocycles. The van der Waals surface area contributed by atoms with E-state index in [1.54, 1.807) is 17.0 Å². The van der Waals surface area contributed by atoms with Gasteiger partial charge in [-0.25, -0.2) is 4.98 Å². The van der Waals surface area contributed by atoms with Crippen LogP contribution in [0.1, 0.15) is 25.8 Å². The van der Waals surface area contributed by atoms with Crippen molar-refractivity contribution in [2.45, 2.75) is 32.7 Å². The molecule has 2 aromatic rings. The molecule has 6 nitrogen and oxygen atoms in total. The standard InChI is InChI=1S/C18H19ClN4O2/c1-11(2)7-15(18(25)22-16-10-20-5-6-21-16)23-14-9-13(19)4-3-12(14)8-17(23)24/h3-6,9-11,15H,7-8H2,1-2H3,(H,21,22,25). The third-order valence-corrected chi connectivity index (χ3v) is 4.28. The minimum Gasteiger partial charge on any atom is -0.308 e. The van der Waals surface area contributed by atoms with Gasteiger partial charge in [0.2, 0.25) is 11.8 Å². The Balaban J connectivity index is 1.92. The summed E-state index contributed by atoms with van der Waals surface area (Å²) < 4.78 is 0. The lowest BCUT2D eigenvalue weighted by atomic mass is 10.0. The number of amides is 2. The molecule has 0 saturated carbocycles. The van der Waals surface area contributed by atoms with Crippen LogP contribution in [0.3, 0.4) is 0 Å². The summed E-state index contributed by atoms with van der Waals surface area (Å²) in [4.78, 5) is 35.0. The number of nitrogens with one attached hydrogen (secondary N) is 1. The van der Waals surface area contributed by atoms with Crippen LogP contribution >= 0.6 is 11.6 Å². The van der Waals surface area contributed by atoms with E-state index in [9.17, 15) is 9.59 Å². The van der Waals surface area contributed by atoms with E-state index in [0.29, 0.717) is 22.9 Å². The van der Waals surface area contributed by atoms with E-state index in [0.717, 1.165) is 5.56 Å². The van der Waals surface area contributed by atoms with Crippen LogP contribution in [0.5, 0.6) is 0 Å². The fourth-order valence-corrected chi connectivity index (χ4v) is 3.15. The number of hydrogen-bond donors (Lipinski definition) is 1. The predicted octanol–water partition coefficient (Wildman–Crippen LogP) is 3.07. The first kappa shape index (κ1) is 17.4. The van der Waals surface area contributed by atoms with Gasteiger partial charge in [0.05, 0.1) is 12.6 Å². The Morgan fingerprint density at radius 2 is 2.16 bits per heavy atom. The van der Waals surface area contributed by atoms with Crippen LogP contribution < -0.4 is 10.2 Å². The molecule has 1 N–H and O–H groups in total. The SMILES string of the molecule is CC(C)CC(C(=O)Nc1cnccn1)N1C(=O)Cc2ccc(Cl)cc21. The Bertz CT molecular complexity index is 795. The van der Waals surface area contributed by atoms with E-state index in [1.807, 2.05) is 19.9 Å². The average molecular weight is 359 g/mol. The Morgan fingerprint density at radius 3 is 2.84 bits per heavy atom. The van der Waals surface area contributed by atoms with Crippen molar-refractivity contribution >= 4 is 34.9 Å². The van der Waals surface area contributed by atoms with E-state index in [1.165, 1.54) is 18.6 Å². The molecule has 1 aromatic carbocycles. The lowest BCUT2D eigenvalue weighted by molar-refractivity contribution is -0.123. The lowest BCUT2D eigenvalue weighted by Gasteiger charge is -2.29. The van der Waals surface area contributed by atoms with Crippen molar-refractivity contribution in [2.75, 3.05) is 10.2 Å². The smallest absolute Gasteiger partial charge is 0.248 e. The number of nitrogens with zero attached hydrogens (tertiary/aromatic N) is 3. The summed E-state index contributed by atoms with van der Waals surface area (Å²) in [5.41, 5.74) is 1.59. The zero-order valence-corrected chi connectivity index (χ0v) is 14.8. The Hall–Kier alpha value is -2.47. The number of carbonyl (C=O) groups is 2. The second kappa shape index (κ2) is 7.19. The average Bonchev–Trinajstić information content (AvgIpc) is 2.88. The van der Waals surface area contributed by atoms with Gasteiger partial charge in [-0.05, 0) is 30.0 Å². The Labute approximate surface area is 151 Å². The molecule has 2 amide bonds. The Morgan fingerprint density at radius 1 is 1.36 bits per heavy atom. The molecule has 130 valence electrons. The monoisotopic (exact) mass is 358 g/mol. The van der Waals surface area contributed by atoms with Gasteiger partial charge in [-0.15, -0.1) is 0 Å². The van der Waals surface area contributed by atoms with E-state index < -0.39 is 6.04 Å². The van der Waals surface area contributed by atoms with Gasteiger partial charge in [-0.1, -0.05) is 31.5 Å². The molecule has 3 rings (SSSR count). The molecule has 0 spiro atoms. The van der Waals surface area contributed by atoms with Gasteiger partial charge in [0.25, 0.3) is 0 Å². The van der Waals surface area contributed by atoms with Crippen LogP contribution in [0.25, 0.3) is 0 Å². The normalized spacial score (nSPS) is 14.6. The van der Waals surface area contributed by atoms with E-state index in [-0.39, 0.29) is 24.2 Å². The summed E-state index contributed by atoms with van der Waals surface area (Å²) in [6.45, 7) is 4.03. The molecule has 1 aliphatic rings. The van der Waals surface area contributed by atoms with E-state index in [4.69, 9.17) is 11.6 Å². The first-order valence-corrected chi connectivity index (χ1v) is 8.51. The maximum Gasteiger partial charge on any atom is 0.248 e. The molecule has 0 aliphatic carbocycles. The summed E-state index contributed by atoms with van der Waals surface area (Å²) in [6, 6.07) is 4.70. The summed E-state index contributed by atoms with van der Waals surface area (Å²) in [5.74, 6) is 0.209. The minimum absolute atomic E-state index is 0.0998. The fourth-order valence-electron chi connectivity index (χ4n) is 2.98. The predicted molar refractivity (Wildman–Crippen MR) is 96.5 cm³/mol. The molecule has 7 heteroatoms. The summed E-state index contributed by atoms with van der Waals surface area (Å²) in [7, 11) is 0. The highest BCUT2D eigenvalue weighted by molar-refractivity contribution is 6.31. The number of aromatic nitrogens is 2. The Kier molecular flexibility index (Phi) is 4.99. The second-order valence-electron chi connectivity index (χ2n) is 6.44. The van der Waals surface area contributed by atoms with Gasteiger partial charge in [0.1, 0.15) is 6.04 Å². The van der Waals surface area contributed by atoms with Gasteiger partial charge in [0.15, 0.2) is 5.82 Å². The first-order valence-electron chi connectivity index (χ1n) is 8.13. The van der Waals surface area contributed by atoms with Gasteiger partial charge in [-0.3, -0.25) is 19.5 Å². The number of rotatable bonds is 5. The van der Waals surface area contributed by atoms with Crippen molar-refractivity contribution in [2.24, 2.45) is 5.92 Å². The number of halogens is 1. The minimum atomic E-state index is -0.630. The van der Waals surface area contributed by atoms with Gasteiger partial charge < -0.3 is 5.32 Å². The maximum absolute atomic E-state index is 12.9. The largest absolute Gasteiger partial charge is 0.308 e. The quantitative estimate of drug-likeness (QED) is 0.891. The summed E-state index contributed by atoms with van der Waals surface area (Å²) >= 11 is 6.10. The third-order valence-electron chi connectivity index (χ3n) is 4.04. The maximum atomic E-state index is 12.9. The molecule has 1 unspecified atom stereocenters. The second-order valence-corrected chi connectivity index (χ2v) is 6.88. The molecular weight excluding hydrogens is 340 g/mol. The third kappa shape index (κ3) is 3.79. The zero-order chi connectivity index (χ0) is 18.0. The van der Waals surface area contributed by atoms with Gasteiger partial charge in [-0.2, -0.15) is 0 Å². The highest BCUT2D eigenvalue weighted by Crippen LogP contribution is 2.34. The van der Waals surface area contributed by atoms with Gasteiger partial charge in [0, 0.05) is 23.1 Å². The van der Waals surface area contributed by atoms with Crippen molar-refractivity contribution in [3.8, 4) is 0 Å². The van der Waals surface area contributed by atoms with E-state index >= 15 is 0 Å². The molecule has 25 heavy (non-hydrogen) atoms. The molecule has 0 radical (unpaired) electrons. The van der Waals surface area contributed by atoms with Crippen LogP contribution in [0.4, 0.5) is 11.5 Å². The summed E-state index contributed by atoms with van der Waals surface area (Å²) in [5, 5.41) is 3.29. The highest BCUT2D eigenvalue weighted by atomic mass is 35.5. The number of fused-ring (bicyclic) bond motifs is 1. The topological polar surface area (TPSA) is 75.2 Å². The van der Waals surface area contributed by atoms with Crippen molar-refractivity contribution in [3.05, 3.63) is 47.4 Å². The van der Waals surface area contributed by atoms with Crippen molar-refractivity contribution < 1.29 is 9.59 Å². The lowest BCUT2D eigenvalue weighted by Crippen LogP contribution is -2.46. The molecule has 1 atom stereocenters. The first-order chi connectivity index (χ1) is 12.0. The zero-order valence-electron chi connectivity index (χ0n) is 14.1. The van der Waals surface area contributed by atoms with Crippen LogP contribution in [-0.2, 0) is 16.0 Å². The molecule has 1 aromatic heterocycles. The highest BCUT2D eigenvalue weighted by Gasteiger charge is 2.37. The van der Waals surface area contributed by atoms with Crippen LogP contribution in [-0.4, -0.2) is 27.8 Å². The van der Waals surface area contributed by atoms with E-state index in [2.05, 4.69) is 15.3 Å². The fraction of sp³-hybridized carbons (Fsp3) is 0.333. The van der Waals surface area contributed by atoms with Crippen molar-refractivity contribution in [1.82, 2.24) is 9.97 Å². The van der Waals surface area contributed by atoms with Crippen LogP contribution in [0.2, 0.25) is 5.02 Å². The number of hydrogen-bond acceptors (Lipinski definition) is 4. The van der Waals surface area contributed by atoms with Crippen LogP contribution in [0.15, 0.2) is 36.8 Å². The molecule has 1 aliphatic heterocycles. The molecule has 0 bridgehead atoms.